The summed E-state index contributed by atoms with van der Waals surface area (Å²) in [5.74, 6) is -0.164. The highest BCUT2D eigenvalue weighted by Gasteiger charge is 2.09. The van der Waals surface area contributed by atoms with Gasteiger partial charge in [0.1, 0.15) is 5.75 Å². The van der Waals surface area contributed by atoms with Crippen LogP contribution in [0, 0.1) is 11.3 Å². The highest BCUT2D eigenvalue weighted by molar-refractivity contribution is 5.92. The molecule has 0 fully saturated rings. The molecule has 2 aromatic rings. The first-order valence-corrected chi connectivity index (χ1v) is 8.70. The van der Waals surface area contributed by atoms with Gasteiger partial charge in [0.2, 0.25) is 0 Å². The van der Waals surface area contributed by atoms with Gasteiger partial charge in [0.05, 0.1) is 11.6 Å². The minimum atomic E-state index is -0.651. The maximum atomic E-state index is 11.9. The standard InChI is InChI=1S/C21H22N2O4/c1-3-15(2)17-6-8-18(9-7-17)23-20(24)13-27-21(25)14-26-19-10-4-16(12-22)5-11-19/h4-11,15H,3,13-14H2,1-2H3,(H,23,24)/t15-/m1/s1. The van der Waals surface area contributed by atoms with E-state index in [9.17, 15) is 9.59 Å². The molecule has 2 rings (SSSR count). The van der Waals surface area contributed by atoms with E-state index in [0.29, 0.717) is 22.9 Å². The molecule has 0 bridgehead atoms. The lowest BCUT2D eigenvalue weighted by Gasteiger charge is -2.11. The van der Waals surface area contributed by atoms with Crippen molar-refractivity contribution < 1.29 is 19.1 Å². The molecule has 0 spiro atoms. The third-order valence-electron chi connectivity index (χ3n) is 4.08. The van der Waals surface area contributed by atoms with Gasteiger partial charge in [-0.3, -0.25) is 4.79 Å². The highest BCUT2D eigenvalue weighted by atomic mass is 16.6. The molecule has 1 N–H and O–H groups in total. The van der Waals surface area contributed by atoms with Crippen molar-refractivity contribution in [3.63, 3.8) is 0 Å². The number of carbonyl (C=O) groups is 2. The second-order valence-electron chi connectivity index (χ2n) is 6.07. The number of hydrogen-bond donors (Lipinski definition) is 1. The number of nitrogens with zero attached hydrogens (tertiary/aromatic N) is 1. The summed E-state index contributed by atoms with van der Waals surface area (Å²) < 4.78 is 10.1. The molecule has 0 aromatic heterocycles. The summed E-state index contributed by atoms with van der Waals surface area (Å²) in [5.41, 5.74) is 2.36. The average Bonchev–Trinajstić information content (AvgIpc) is 2.71. The van der Waals surface area contributed by atoms with Crippen LogP contribution in [0.1, 0.15) is 37.3 Å². The zero-order valence-corrected chi connectivity index (χ0v) is 15.4. The summed E-state index contributed by atoms with van der Waals surface area (Å²) in [6, 6.07) is 15.9. The summed E-state index contributed by atoms with van der Waals surface area (Å²) >= 11 is 0. The number of nitriles is 1. The van der Waals surface area contributed by atoms with Crippen LogP contribution in [0.25, 0.3) is 0 Å². The lowest BCUT2D eigenvalue weighted by atomic mass is 9.99. The topological polar surface area (TPSA) is 88.4 Å². The van der Waals surface area contributed by atoms with Crippen LogP contribution in [0.15, 0.2) is 48.5 Å². The molecule has 1 atom stereocenters. The van der Waals surface area contributed by atoms with Crippen molar-refractivity contribution in [2.24, 2.45) is 0 Å². The number of rotatable bonds is 8. The Morgan fingerprint density at radius 2 is 1.74 bits per heavy atom. The number of benzene rings is 2. The van der Waals surface area contributed by atoms with E-state index in [2.05, 4.69) is 19.2 Å². The normalized spacial score (nSPS) is 11.1. The summed E-state index contributed by atoms with van der Waals surface area (Å²) in [6.07, 6.45) is 1.05. The summed E-state index contributed by atoms with van der Waals surface area (Å²) in [6.45, 7) is 3.57. The molecule has 6 nitrogen and oxygen atoms in total. The second kappa shape index (κ2) is 9.97. The van der Waals surface area contributed by atoms with E-state index in [0.717, 1.165) is 6.42 Å². The SMILES string of the molecule is CC[C@@H](C)c1ccc(NC(=O)COC(=O)COc2ccc(C#N)cc2)cc1. The molecule has 0 aliphatic carbocycles. The van der Waals surface area contributed by atoms with Crippen LogP contribution in [0.3, 0.4) is 0 Å². The van der Waals surface area contributed by atoms with E-state index < -0.39 is 11.9 Å². The zero-order chi connectivity index (χ0) is 19.6. The molecule has 0 saturated heterocycles. The van der Waals surface area contributed by atoms with E-state index >= 15 is 0 Å². The molecule has 0 aliphatic heterocycles. The smallest absolute Gasteiger partial charge is 0.344 e. The van der Waals surface area contributed by atoms with Gasteiger partial charge in [-0.15, -0.1) is 0 Å². The predicted molar refractivity (Wildman–Crippen MR) is 101 cm³/mol. The van der Waals surface area contributed by atoms with Crippen LogP contribution in [0.4, 0.5) is 5.69 Å². The van der Waals surface area contributed by atoms with Crippen molar-refractivity contribution in [2.45, 2.75) is 26.2 Å². The minimum absolute atomic E-state index is 0.317. The van der Waals surface area contributed by atoms with Crippen molar-refractivity contribution in [3.05, 3.63) is 59.7 Å². The number of esters is 1. The quantitative estimate of drug-likeness (QED) is 0.721. The van der Waals surface area contributed by atoms with Crippen LogP contribution < -0.4 is 10.1 Å². The lowest BCUT2D eigenvalue weighted by molar-refractivity contribution is -0.149. The molecule has 0 unspecified atom stereocenters. The number of nitrogens with one attached hydrogen (secondary N) is 1. The van der Waals surface area contributed by atoms with Gasteiger partial charge in [-0.25, -0.2) is 4.79 Å². The Morgan fingerprint density at radius 3 is 2.33 bits per heavy atom. The fraction of sp³-hybridized carbons (Fsp3) is 0.286. The van der Waals surface area contributed by atoms with Crippen molar-refractivity contribution in [1.82, 2.24) is 0 Å². The zero-order valence-electron chi connectivity index (χ0n) is 15.4. The maximum absolute atomic E-state index is 11.9. The molecule has 0 heterocycles. The molecular formula is C21H22N2O4. The van der Waals surface area contributed by atoms with Gasteiger partial charge in [-0.1, -0.05) is 26.0 Å². The fourth-order valence-electron chi connectivity index (χ4n) is 2.28. The Labute approximate surface area is 158 Å². The Balaban J connectivity index is 1.72. The number of hydrogen-bond acceptors (Lipinski definition) is 5. The van der Waals surface area contributed by atoms with Crippen molar-refractivity contribution >= 4 is 17.6 Å². The summed E-state index contributed by atoms with van der Waals surface area (Å²) in [5, 5.41) is 11.4. The van der Waals surface area contributed by atoms with E-state index in [1.54, 1.807) is 24.3 Å². The molecular weight excluding hydrogens is 344 g/mol. The molecule has 27 heavy (non-hydrogen) atoms. The molecule has 0 aliphatic rings. The van der Waals surface area contributed by atoms with Gasteiger partial charge in [-0.05, 0) is 54.3 Å². The van der Waals surface area contributed by atoms with Crippen LogP contribution in [0.5, 0.6) is 5.75 Å². The summed E-state index contributed by atoms with van der Waals surface area (Å²) in [4.78, 5) is 23.5. The maximum Gasteiger partial charge on any atom is 0.344 e. The van der Waals surface area contributed by atoms with Crippen LogP contribution >= 0.6 is 0 Å². The summed E-state index contributed by atoms with van der Waals surface area (Å²) in [7, 11) is 0. The first-order valence-electron chi connectivity index (χ1n) is 8.70. The number of amides is 1. The Hall–Kier alpha value is -3.33. The largest absolute Gasteiger partial charge is 0.482 e. The number of anilines is 1. The van der Waals surface area contributed by atoms with Crippen molar-refractivity contribution in [3.8, 4) is 11.8 Å². The molecule has 140 valence electrons. The van der Waals surface area contributed by atoms with E-state index in [4.69, 9.17) is 14.7 Å². The van der Waals surface area contributed by atoms with Crippen molar-refractivity contribution in [2.75, 3.05) is 18.5 Å². The predicted octanol–water partition coefficient (Wildman–Crippen LogP) is 3.63. The van der Waals surface area contributed by atoms with Gasteiger partial charge in [0.25, 0.3) is 5.91 Å². The first kappa shape index (κ1) is 20.0. The lowest BCUT2D eigenvalue weighted by Crippen LogP contribution is -2.23. The molecule has 6 heteroatoms. The van der Waals surface area contributed by atoms with E-state index in [1.807, 2.05) is 30.3 Å². The van der Waals surface area contributed by atoms with Crippen LogP contribution in [-0.4, -0.2) is 25.1 Å². The Kier molecular flexibility index (Phi) is 7.38. The van der Waals surface area contributed by atoms with Crippen LogP contribution in [-0.2, 0) is 14.3 Å². The van der Waals surface area contributed by atoms with Gasteiger partial charge < -0.3 is 14.8 Å². The van der Waals surface area contributed by atoms with Gasteiger partial charge >= 0.3 is 5.97 Å². The number of ether oxygens (including phenoxy) is 2. The average molecular weight is 366 g/mol. The Bertz CT molecular complexity index is 808. The van der Waals surface area contributed by atoms with Gasteiger partial charge in [0, 0.05) is 5.69 Å². The van der Waals surface area contributed by atoms with Gasteiger partial charge in [-0.2, -0.15) is 5.26 Å². The third-order valence-corrected chi connectivity index (χ3v) is 4.08. The van der Waals surface area contributed by atoms with E-state index in [1.165, 1.54) is 5.56 Å². The molecule has 0 saturated carbocycles. The number of carbonyl (C=O) groups excluding carboxylic acids is 2. The monoisotopic (exact) mass is 366 g/mol. The molecule has 0 radical (unpaired) electrons. The van der Waals surface area contributed by atoms with Gasteiger partial charge in [0.15, 0.2) is 13.2 Å². The highest BCUT2D eigenvalue weighted by Crippen LogP contribution is 2.20. The van der Waals surface area contributed by atoms with Crippen molar-refractivity contribution in [1.29, 1.82) is 5.26 Å². The van der Waals surface area contributed by atoms with E-state index in [-0.39, 0.29) is 13.2 Å². The molecule has 2 aromatic carbocycles. The van der Waals surface area contributed by atoms with Crippen LogP contribution in [0.2, 0.25) is 0 Å². The second-order valence-corrected chi connectivity index (χ2v) is 6.07. The first-order chi connectivity index (χ1) is 13.0. The third kappa shape index (κ3) is 6.48. The Morgan fingerprint density at radius 1 is 1.07 bits per heavy atom. The molecule has 1 amide bonds. The fourth-order valence-corrected chi connectivity index (χ4v) is 2.28. The minimum Gasteiger partial charge on any atom is -0.482 e.